The minimum Gasteiger partial charge on any atom is -0.398 e. The molecular formula is C13H10ClFN2O. The summed E-state index contributed by atoms with van der Waals surface area (Å²) < 4.78 is 13.4. The molecule has 0 saturated heterocycles. The fraction of sp³-hybridized carbons (Fsp3) is 0. The quantitative estimate of drug-likeness (QED) is 0.818. The third-order valence-corrected chi connectivity index (χ3v) is 2.82. The molecule has 0 aliphatic rings. The summed E-state index contributed by atoms with van der Waals surface area (Å²) in [6, 6.07) is 10.6. The van der Waals surface area contributed by atoms with Gasteiger partial charge in [0.2, 0.25) is 0 Å². The highest BCUT2D eigenvalue weighted by Crippen LogP contribution is 2.24. The maximum Gasteiger partial charge on any atom is 0.257 e. The molecule has 5 heteroatoms. The molecule has 0 aromatic heterocycles. The van der Waals surface area contributed by atoms with Crippen LogP contribution in [-0.4, -0.2) is 5.91 Å². The van der Waals surface area contributed by atoms with Crippen LogP contribution in [0.5, 0.6) is 0 Å². The number of anilines is 2. The smallest absolute Gasteiger partial charge is 0.257 e. The molecule has 1 amide bonds. The Morgan fingerprint density at radius 2 is 1.89 bits per heavy atom. The van der Waals surface area contributed by atoms with Gasteiger partial charge in [0, 0.05) is 0 Å². The van der Waals surface area contributed by atoms with Gasteiger partial charge in [-0.15, -0.1) is 0 Å². The Labute approximate surface area is 108 Å². The van der Waals surface area contributed by atoms with E-state index in [4.69, 9.17) is 17.3 Å². The largest absolute Gasteiger partial charge is 0.398 e. The molecule has 2 aromatic carbocycles. The number of para-hydroxylation sites is 1. The van der Waals surface area contributed by atoms with Crippen molar-refractivity contribution in [3.8, 4) is 0 Å². The fourth-order valence-electron chi connectivity index (χ4n) is 1.48. The van der Waals surface area contributed by atoms with Crippen LogP contribution in [-0.2, 0) is 0 Å². The first kappa shape index (κ1) is 12.4. The number of amides is 1. The van der Waals surface area contributed by atoms with Crippen molar-refractivity contribution >= 4 is 28.9 Å². The van der Waals surface area contributed by atoms with Crippen molar-refractivity contribution in [2.45, 2.75) is 0 Å². The van der Waals surface area contributed by atoms with Gasteiger partial charge in [0.05, 0.1) is 22.0 Å². The summed E-state index contributed by atoms with van der Waals surface area (Å²) in [5.74, 6) is -1.01. The van der Waals surface area contributed by atoms with Crippen LogP contribution in [0.4, 0.5) is 15.8 Å². The Hall–Kier alpha value is -2.07. The van der Waals surface area contributed by atoms with Crippen LogP contribution >= 0.6 is 11.6 Å². The molecule has 0 unspecified atom stereocenters. The highest BCUT2D eigenvalue weighted by atomic mass is 35.5. The predicted molar refractivity (Wildman–Crippen MR) is 70.2 cm³/mol. The molecule has 0 aliphatic carbocycles. The van der Waals surface area contributed by atoms with Crippen LogP contribution in [0, 0.1) is 5.82 Å². The normalized spacial score (nSPS) is 10.1. The van der Waals surface area contributed by atoms with Gasteiger partial charge in [0.25, 0.3) is 5.91 Å². The van der Waals surface area contributed by atoms with Crippen LogP contribution in [0.3, 0.4) is 0 Å². The van der Waals surface area contributed by atoms with Gasteiger partial charge in [-0.2, -0.15) is 0 Å². The van der Waals surface area contributed by atoms with E-state index in [1.165, 1.54) is 18.2 Å². The second-order valence-electron chi connectivity index (χ2n) is 3.64. The highest BCUT2D eigenvalue weighted by Gasteiger charge is 2.13. The average Bonchev–Trinajstić information content (AvgIpc) is 2.35. The van der Waals surface area contributed by atoms with Crippen LogP contribution < -0.4 is 11.1 Å². The topological polar surface area (TPSA) is 55.1 Å². The molecule has 0 heterocycles. The lowest BCUT2D eigenvalue weighted by Crippen LogP contribution is -2.14. The van der Waals surface area contributed by atoms with Crippen LogP contribution in [0.2, 0.25) is 5.02 Å². The van der Waals surface area contributed by atoms with Crippen LogP contribution in [0.15, 0.2) is 42.5 Å². The van der Waals surface area contributed by atoms with Gasteiger partial charge >= 0.3 is 0 Å². The zero-order chi connectivity index (χ0) is 13.1. The van der Waals surface area contributed by atoms with Crippen LogP contribution in [0.1, 0.15) is 10.4 Å². The summed E-state index contributed by atoms with van der Waals surface area (Å²) in [4.78, 5) is 11.9. The molecule has 0 radical (unpaired) electrons. The lowest BCUT2D eigenvalue weighted by atomic mass is 10.2. The first-order chi connectivity index (χ1) is 8.59. The van der Waals surface area contributed by atoms with Gasteiger partial charge in [-0.1, -0.05) is 29.8 Å². The maximum absolute atomic E-state index is 13.4. The van der Waals surface area contributed by atoms with E-state index in [2.05, 4.69) is 5.32 Å². The summed E-state index contributed by atoms with van der Waals surface area (Å²) in [7, 11) is 0. The molecule has 0 fully saturated rings. The standard InChI is InChI=1S/C13H10ClFN2O/c14-12-8(4-3-6-10(12)16)13(18)17-11-7-2-1-5-9(11)15/h1-7H,16H2,(H,17,18). The van der Waals surface area contributed by atoms with E-state index in [-0.39, 0.29) is 16.3 Å². The molecule has 3 nitrogen and oxygen atoms in total. The van der Waals surface area contributed by atoms with Gasteiger partial charge in [-0.05, 0) is 24.3 Å². The number of hydrogen-bond donors (Lipinski definition) is 2. The molecule has 0 aliphatic heterocycles. The zero-order valence-corrected chi connectivity index (χ0v) is 10.0. The monoisotopic (exact) mass is 264 g/mol. The second-order valence-corrected chi connectivity index (χ2v) is 4.02. The molecular weight excluding hydrogens is 255 g/mol. The van der Waals surface area contributed by atoms with Crippen molar-refractivity contribution in [2.75, 3.05) is 11.1 Å². The predicted octanol–water partition coefficient (Wildman–Crippen LogP) is 3.31. The van der Waals surface area contributed by atoms with Crippen molar-refractivity contribution in [1.29, 1.82) is 0 Å². The number of nitrogen functional groups attached to an aromatic ring is 1. The number of nitrogens with one attached hydrogen (secondary N) is 1. The molecule has 2 aromatic rings. The maximum atomic E-state index is 13.4. The van der Waals surface area contributed by atoms with Crippen molar-refractivity contribution in [3.05, 3.63) is 58.9 Å². The summed E-state index contributed by atoms with van der Waals surface area (Å²) in [6.45, 7) is 0. The number of rotatable bonds is 2. The minimum absolute atomic E-state index is 0.0981. The van der Waals surface area contributed by atoms with Gasteiger partial charge in [0.15, 0.2) is 0 Å². The first-order valence-electron chi connectivity index (χ1n) is 5.19. The lowest BCUT2D eigenvalue weighted by molar-refractivity contribution is 0.102. The molecule has 18 heavy (non-hydrogen) atoms. The van der Waals surface area contributed by atoms with Crippen molar-refractivity contribution in [2.24, 2.45) is 0 Å². The van der Waals surface area contributed by atoms with Crippen LogP contribution in [0.25, 0.3) is 0 Å². The summed E-state index contributed by atoms with van der Waals surface area (Å²) in [5.41, 5.74) is 6.21. The average molecular weight is 265 g/mol. The molecule has 0 saturated carbocycles. The van der Waals surface area contributed by atoms with Gasteiger partial charge in [-0.3, -0.25) is 4.79 Å². The second kappa shape index (κ2) is 5.06. The Morgan fingerprint density at radius 1 is 1.17 bits per heavy atom. The van der Waals surface area contributed by atoms with Crippen molar-refractivity contribution < 1.29 is 9.18 Å². The molecule has 0 spiro atoms. The molecule has 3 N–H and O–H groups in total. The zero-order valence-electron chi connectivity index (χ0n) is 9.28. The first-order valence-corrected chi connectivity index (χ1v) is 5.57. The Kier molecular flexibility index (Phi) is 3.48. The summed E-state index contributed by atoms with van der Waals surface area (Å²) in [5, 5.41) is 2.60. The highest BCUT2D eigenvalue weighted by molar-refractivity contribution is 6.36. The Balaban J connectivity index is 2.28. The van der Waals surface area contributed by atoms with E-state index in [1.807, 2.05) is 0 Å². The van der Waals surface area contributed by atoms with Gasteiger partial charge in [-0.25, -0.2) is 4.39 Å². The number of carbonyl (C=O) groups is 1. The molecule has 2 rings (SSSR count). The molecule has 0 atom stereocenters. The van der Waals surface area contributed by atoms with E-state index in [9.17, 15) is 9.18 Å². The number of carbonyl (C=O) groups excluding carboxylic acids is 1. The third kappa shape index (κ3) is 2.43. The minimum atomic E-state index is -0.508. The van der Waals surface area contributed by atoms with Crippen molar-refractivity contribution in [3.63, 3.8) is 0 Å². The fourth-order valence-corrected chi connectivity index (χ4v) is 1.69. The lowest BCUT2D eigenvalue weighted by Gasteiger charge is -2.08. The van der Waals surface area contributed by atoms with E-state index in [1.54, 1.807) is 24.3 Å². The number of benzene rings is 2. The van der Waals surface area contributed by atoms with Crippen molar-refractivity contribution in [1.82, 2.24) is 0 Å². The Bertz CT molecular complexity index is 601. The molecule has 0 bridgehead atoms. The van der Waals surface area contributed by atoms with E-state index < -0.39 is 11.7 Å². The van der Waals surface area contributed by atoms with E-state index >= 15 is 0 Å². The van der Waals surface area contributed by atoms with E-state index in [0.717, 1.165) is 0 Å². The SMILES string of the molecule is Nc1cccc(C(=O)Nc2ccccc2F)c1Cl. The number of nitrogens with two attached hydrogens (primary N) is 1. The number of hydrogen-bond acceptors (Lipinski definition) is 2. The van der Waals surface area contributed by atoms with Gasteiger partial charge < -0.3 is 11.1 Å². The Morgan fingerprint density at radius 3 is 2.61 bits per heavy atom. The van der Waals surface area contributed by atoms with E-state index in [0.29, 0.717) is 5.69 Å². The summed E-state index contributed by atoms with van der Waals surface area (Å²) in [6.07, 6.45) is 0. The number of halogens is 2. The molecule has 92 valence electrons. The summed E-state index contributed by atoms with van der Waals surface area (Å²) >= 11 is 5.91. The van der Waals surface area contributed by atoms with Gasteiger partial charge in [0.1, 0.15) is 5.82 Å². The third-order valence-electron chi connectivity index (χ3n) is 2.40.